The summed E-state index contributed by atoms with van der Waals surface area (Å²) in [6.45, 7) is 0. The number of nitrogens with one attached hydrogen (secondary N) is 1. The van der Waals surface area contributed by atoms with Gasteiger partial charge in [0.05, 0.1) is 17.3 Å². The largest absolute Gasteiger partial charge is 0.478 e. The molecule has 3 aliphatic rings. The highest BCUT2D eigenvalue weighted by Gasteiger charge is 2.54. The van der Waals surface area contributed by atoms with Crippen LogP contribution in [-0.2, 0) is 0 Å². The van der Waals surface area contributed by atoms with Crippen LogP contribution in [-0.4, -0.2) is 11.1 Å². The van der Waals surface area contributed by atoms with Gasteiger partial charge in [-0.2, -0.15) is 0 Å². The first-order valence-corrected chi connectivity index (χ1v) is 9.12. The van der Waals surface area contributed by atoms with Gasteiger partial charge in [0, 0.05) is 5.56 Å². The highest BCUT2D eigenvalue weighted by molar-refractivity contribution is 5.95. The molecule has 134 valence electrons. The van der Waals surface area contributed by atoms with E-state index in [0.717, 1.165) is 37.0 Å². The van der Waals surface area contributed by atoms with Crippen molar-refractivity contribution in [3.05, 3.63) is 64.7 Å². The fourth-order valence-electron chi connectivity index (χ4n) is 5.75. The minimum absolute atomic E-state index is 0.168. The maximum absolute atomic E-state index is 14.6. The molecule has 2 fully saturated rings. The Bertz CT molecular complexity index is 913. The third-order valence-electron chi connectivity index (χ3n) is 6.64. The second-order valence-electron chi connectivity index (χ2n) is 7.80. The van der Waals surface area contributed by atoms with Gasteiger partial charge < -0.3 is 10.4 Å². The lowest BCUT2D eigenvalue weighted by Crippen LogP contribution is -2.36. The lowest BCUT2D eigenvalue weighted by molar-refractivity contribution is 0.0697. The van der Waals surface area contributed by atoms with Gasteiger partial charge in [0.25, 0.3) is 0 Å². The molecule has 5 atom stereocenters. The molecule has 0 spiro atoms. The predicted molar refractivity (Wildman–Crippen MR) is 93.2 cm³/mol. The van der Waals surface area contributed by atoms with Gasteiger partial charge in [-0.25, -0.2) is 13.6 Å². The van der Waals surface area contributed by atoms with E-state index in [1.165, 1.54) is 6.07 Å². The van der Waals surface area contributed by atoms with Crippen LogP contribution in [0.1, 0.15) is 52.7 Å². The highest BCUT2D eigenvalue weighted by Crippen LogP contribution is 2.64. The average molecular weight is 355 g/mol. The van der Waals surface area contributed by atoms with Gasteiger partial charge in [-0.05, 0) is 72.8 Å². The van der Waals surface area contributed by atoms with Gasteiger partial charge in [-0.1, -0.05) is 12.1 Å². The van der Waals surface area contributed by atoms with Crippen molar-refractivity contribution in [2.75, 3.05) is 5.32 Å². The zero-order valence-corrected chi connectivity index (χ0v) is 14.1. The third-order valence-corrected chi connectivity index (χ3v) is 6.64. The summed E-state index contributed by atoms with van der Waals surface area (Å²) in [5.74, 6) is -0.587. The minimum Gasteiger partial charge on any atom is -0.478 e. The Labute approximate surface area is 150 Å². The van der Waals surface area contributed by atoms with Crippen LogP contribution in [0.5, 0.6) is 0 Å². The maximum atomic E-state index is 14.6. The summed E-state index contributed by atoms with van der Waals surface area (Å²) in [6, 6.07) is 8.48. The van der Waals surface area contributed by atoms with E-state index in [2.05, 4.69) is 5.32 Å². The lowest BCUT2D eigenvalue weighted by atomic mass is 9.67. The molecule has 26 heavy (non-hydrogen) atoms. The van der Waals surface area contributed by atoms with Crippen molar-refractivity contribution in [1.82, 2.24) is 0 Å². The third kappa shape index (κ3) is 2.12. The number of aromatic carboxylic acids is 1. The zero-order valence-electron chi connectivity index (χ0n) is 14.1. The normalized spacial score (nSPS) is 31.2. The molecule has 0 aromatic heterocycles. The lowest BCUT2D eigenvalue weighted by Gasteiger charge is -2.44. The number of para-hydroxylation sites is 1. The van der Waals surface area contributed by atoms with Crippen LogP contribution in [0.25, 0.3) is 0 Å². The minimum atomic E-state index is -1.01. The Morgan fingerprint density at radius 2 is 1.88 bits per heavy atom. The first kappa shape index (κ1) is 15.8. The van der Waals surface area contributed by atoms with Crippen molar-refractivity contribution in [2.45, 2.75) is 31.2 Å². The Hall–Kier alpha value is -2.43. The van der Waals surface area contributed by atoms with Gasteiger partial charge >= 0.3 is 5.97 Å². The Balaban J connectivity index is 1.70. The summed E-state index contributed by atoms with van der Waals surface area (Å²) in [7, 11) is 0. The van der Waals surface area contributed by atoms with Crippen LogP contribution >= 0.6 is 0 Å². The molecule has 2 N–H and O–H groups in total. The summed E-state index contributed by atoms with van der Waals surface area (Å²) in [6.07, 6.45) is 3.32. The molecule has 2 aliphatic carbocycles. The van der Waals surface area contributed by atoms with Gasteiger partial charge in [0.15, 0.2) is 0 Å². The quantitative estimate of drug-likeness (QED) is 0.800. The molecular formula is C21H19F2NO2. The number of carboxylic acids is 1. The van der Waals surface area contributed by atoms with Gasteiger partial charge in [0.1, 0.15) is 11.6 Å². The molecule has 2 aromatic carbocycles. The van der Waals surface area contributed by atoms with Crippen LogP contribution < -0.4 is 5.32 Å². The molecule has 1 aliphatic heterocycles. The Morgan fingerprint density at radius 1 is 1.08 bits per heavy atom. The van der Waals surface area contributed by atoms with E-state index in [4.69, 9.17) is 0 Å². The second kappa shape index (κ2) is 5.53. The van der Waals surface area contributed by atoms with Crippen molar-refractivity contribution >= 4 is 11.7 Å². The second-order valence-corrected chi connectivity index (χ2v) is 7.80. The Kier molecular flexibility index (Phi) is 3.36. The standard InChI is InChI=1S/C21H19F2NO2/c22-12-6-7-16(23)15(9-12)20-18-11-5-4-10(8-11)17(18)13-2-1-3-14(21(25)26)19(13)24-20/h1-3,6-7,9-11,17-18,20,24H,4-5,8H2,(H,25,26)/t10-,11-,17-,18-,20+/m1/s1. The van der Waals surface area contributed by atoms with Crippen LogP contribution in [0.4, 0.5) is 14.5 Å². The number of carbonyl (C=O) groups is 1. The number of anilines is 1. The van der Waals surface area contributed by atoms with Gasteiger partial charge in [-0.3, -0.25) is 0 Å². The number of hydrogen-bond donors (Lipinski definition) is 2. The van der Waals surface area contributed by atoms with Crippen molar-refractivity contribution < 1.29 is 18.7 Å². The van der Waals surface area contributed by atoms with E-state index in [0.29, 0.717) is 23.1 Å². The molecule has 1 heterocycles. The molecule has 2 aromatic rings. The Morgan fingerprint density at radius 3 is 2.69 bits per heavy atom. The van der Waals surface area contributed by atoms with Crippen LogP contribution in [0.3, 0.4) is 0 Å². The van der Waals surface area contributed by atoms with E-state index in [9.17, 15) is 18.7 Å². The monoisotopic (exact) mass is 355 g/mol. The van der Waals surface area contributed by atoms with Gasteiger partial charge in [-0.15, -0.1) is 0 Å². The summed E-state index contributed by atoms with van der Waals surface area (Å²) in [5.41, 5.74) is 2.10. The predicted octanol–water partition coefficient (Wildman–Crippen LogP) is 4.96. The molecule has 5 rings (SSSR count). The molecule has 2 saturated carbocycles. The molecular weight excluding hydrogens is 336 g/mol. The molecule has 3 nitrogen and oxygen atoms in total. The number of rotatable bonds is 2. The fraction of sp³-hybridized carbons (Fsp3) is 0.381. The first-order chi connectivity index (χ1) is 12.5. The van der Waals surface area contributed by atoms with E-state index in [1.54, 1.807) is 12.1 Å². The number of fused-ring (bicyclic) bond motifs is 7. The average Bonchev–Trinajstić information content (AvgIpc) is 3.25. The number of hydrogen-bond acceptors (Lipinski definition) is 2. The smallest absolute Gasteiger partial charge is 0.337 e. The fourth-order valence-corrected chi connectivity index (χ4v) is 5.75. The van der Waals surface area contributed by atoms with Gasteiger partial charge in [0.2, 0.25) is 0 Å². The first-order valence-electron chi connectivity index (χ1n) is 9.12. The van der Waals surface area contributed by atoms with E-state index >= 15 is 0 Å². The molecule has 0 unspecified atom stereocenters. The summed E-state index contributed by atoms with van der Waals surface area (Å²) in [5, 5.41) is 12.9. The molecule has 0 amide bonds. The SMILES string of the molecule is O=C(O)c1cccc2c1N[C@@H](c1cc(F)ccc1F)[C@@H]1[C@@H]3CC[C@H](C3)[C@H]21. The molecule has 0 saturated heterocycles. The number of carboxylic acid groups (broad SMARTS) is 1. The van der Waals surface area contributed by atoms with Crippen molar-refractivity contribution in [3.63, 3.8) is 0 Å². The number of benzene rings is 2. The van der Waals surface area contributed by atoms with Crippen molar-refractivity contribution in [2.24, 2.45) is 17.8 Å². The highest BCUT2D eigenvalue weighted by atomic mass is 19.1. The molecule has 2 bridgehead atoms. The van der Waals surface area contributed by atoms with Crippen molar-refractivity contribution in [3.8, 4) is 0 Å². The van der Waals surface area contributed by atoms with Crippen LogP contribution in [0, 0.1) is 29.4 Å². The van der Waals surface area contributed by atoms with Crippen molar-refractivity contribution in [1.29, 1.82) is 0 Å². The van der Waals surface area contributed by atoms with Crippen LogP contribution in [0.15, 0.2) is 36.4 Å². The topological polar surface area (TPSA) is 49.3 Å². The molecule has 5 heteroatoms. The van der Waals surface area contributed by atoms with E-state index in [1.807, 2.05) is 6.07 Å². The van der Waals surface area contributed by atoms with E-state index in [-0.39, 0.29) is 17.4 Å². The number of halogens is 2. The zero-order chi connectivity index (χ0) is 18.0. The summed E-state index contributed by atoms with van der Waals surface area (Å²) >= 11 is 0. The van der Waals surface area contributed by atoms with E-state index < -0.39 is 23.6 Å². The van der Waals surface area contributed by atoms with Crippen LogP contribution in [0.2, 0.25) is 0 Å². The molecule has 0 radical (unpaired) electrons. The summed E-state index contributed by atoms with van der Waals surface area (Å²) < 4.78 is 28.4. The summed E-state index contributed by atoms with van der Waals surface area (Å²) in [4.78, 5) is 11.7. The maximum Gasteiger partial charge on any atom is 0.337 e.